The average molecular weight is 346 g/mol. The Balaban J connectivity index is 1.99. The van der Waals surface area contributed by atoms with Gasteiger partial charge in [-0.15, -0.1) is 0 Å². The number of β-lactam (4-membered cyclic amide) rings is 1. The van der Waals surface area contributed by atoms with Crippen molar-refractivity contribution in [1.29, 1.82) is 0 Å². The van der Waals surface area contributed by atoms with Gasteiger partial charge in [0, 0.05) is 12.1 Å². The van der Waals surface area contributed by atoms with Crippen LogP contribution in [0.1, 0.15) is 18.5 Å². The molecule has 0 unspecified atom stereocenters. The van der Waals surface area contributed by atoms with Gasteiger partial charge in [-0.25, -0.2) is 12.7 Å². The van der Waals surface area contributed by atoms with Crippen LogP contribution in [0.4, 0.5) is 5.69 Å². The van der Waals surface area contributed by atoms with E-state index >= 15 is 0 Å². The maximum absolute atomic E-state index is 12.8. The molecule has 2 atom stereocenters. The Bertz CT molecular complexity index is 894. The van der Waals surface area contributed by atoms with E-state index in [9.17, 15) is 23.3 Å². The molecule has 1 amide bonds. The van der Waals surface area contributed by atoms with E-state index in [2.05, 4.69) is 0 Å². The fraction of sp³-hybridized carbons (Fsp3) is 0.188. The first kappa shape index (κ1) is 16.1. The van der Waals surface area contributed by atoms with Crippen LogP contribution in [0.3, 0.4) is 0 Å². The van der Waals surface area contributed by atoms with Gasteiger partial charge in [0.25, 0.3) is 15.7 Å². The second-order valence-electron chi connectivity index (χ2n) is 5.53. The molecular weight excluding hydrogens is 332 g/mol. The van der Waals surface area contributed by atoms with Crippen LogP contribution in [0.2, 0.25) is 0 Å². The number of hydrogen-bond donors (Lipinski definition) is 0. The molecule has 0 N–H and O–H groups in total. The van der Waals surface area contributed by atoms with Crippen molar-refractivity contribution in [3.63, 3.8) is 0 Å². The summed E-state index contributed by atoms with van der Waals surface area (Å²) >= 11 is 0. The third kappa shape index (κ3) is 2.44. The number of nitro benzene ring substituents is 1. The molecule has 124 valence electrons. The Hall–Kier alpha value is -2.74. The van der Waals surface area contributed by atoms with Crippen LogP contribution in [0.15, 0.2) is 59.5 Å². The number of carbonyl (C=O) groups is 1. The zero-order valence-corrected chi connectivity index (χ0v) is 13.5. The van der Waals surface area contributed by atoms with Gasteiger partial charge < -0.3 is 0 Å². The van der Waals surface area contributed by atoms with Crippen LogP contribution in [0, 0.1) is 16.0 Å². The van der Waals surface area contributed by atoms with Crippen LogP contribution in [0.25, 0.3) is 0 Å². The fourth-order valence-electron chi connectivity index (χ4n) is 2.79. The van der Waals surface area contributed by atoms with E-state index in [1.165, 1.54) is 0 Å². The molecule has 1 aliphatic rings. The Labute approximate surface area is 138 Å². The highest BCUT2D eigenvalue weighted by Gasteiger charge is 2.51. The zero-order chi connectivity index (χ0) is 17.5. The molecule has 0 bridgehead atoms. The topological polar surface area (TPSA) is 97.6 Å². The Morgan fingerprint density at radius 2 is 1.62 bits per heavy atom. The van der Waals surface area contributed by atoms with E-state index in [0.29, 0.717) is 0 Å². The van der Waals surface area contributed by atoms with Crippen LogP contribution >= 0.6 is 0 Å². The summed E-state index contributed by atoms with van der Waals surface area (Å²) in [5.74, 6) is -0.928. The first-order valence-electron chi connectivity index (χ1n) is 7.21. The molecule has 7 nitrogen and oxygen atoms in total. The smallest absolute Gasteiger partial charge is 0.269 e. The zero-order valence-electron chi connectivity index (χ0n) is 12.7. The maximum Gasteiger partial charge on any atom is 0.269 e. The minimum atomic E-state index is -4.06. The third-order valence-electron chi connectivity index (χ3n) is 4.08. The molecule has 1 saturated heterocycles. The van der Waals surface area contributed by atoms with Crippen LogP contribution in [0.5, 0.6) is 0 Å². The van der Waals surface area contributed by atoms with Gasteiger partial charge >= 0.3 is 0 Å². The summed E-state index contributed by atoms with van der Waals surface area (Å²) in [6, 6.07) is 12.8. The number of sulfonamides is 1. The second kappa shape index (κ2) is 5.72. The molecule has 3 rings (SSSR count). The minimum absolute atomic E-state index is 0.144. The summed E-state index contributed by atoms with van der Waals surface area (Å²) in [5.41, 5.74) is 0.520. The molecule has 1 fully saturated rings. The highest BCUT2D eigenvalue weighted by atomic mass is 32.2. The standard InChI is InChI=1S/C16H14N2O5S/c1-11-15(12-5-3-2-4-6-12)17(16(11)19)24(22,23)14-9-7-13(8-10-14)18(20)21/h2-11,15H,1H3/t11-,15+/m0/s1. The van der Waals surface area contributed by atoms with Crippen molar-refractivity contribution < 1.29 is 18.1 Å². The molecule has 1 heterocycles. The average Bonchev–Trinajstić information content (AvgIpc) is 2.59. The monoisotopic (exact) mass is 346 g/mol. The van der Waals surface area contributed by atoms with Crippen LogP contribution in [-0.2, 0) is 14.8 Å². The Morgan fingerprint density at radius 3 is 2.17 bits per heavy atom. The highest BCUT2D eigenvalue weighted by Crippen LogP contribution is 2.43. The lowest BCUT2D eigenvalue weighted by atomic mass is 9.87. The number of hydrogen-bond acceptors (Lipinski definition) is 5. The number of amides is 1. The summed E-state index contributed by atoms with van der Waals surface area (Å²) in [6.07, 6.45) is 0. The van der Waals surface area contributed by atoms with Crippen LogP contribution < -0.4 is 0 Å². The SMILES string of the molecule is C[C@@H]1C(=O)N(S(=O)(=O)c2ccc([N+](=O)[O-])cc2)[C@H]1c1ccccc1. The number of non-ortho nitro benzene ring substituents is 1. The van der Waals surface area contributed by atoms with Gasteiger partial charge in [0.05, 0.1) is 21.8 Å². The lowest BCUT2D eigenvalue weighted by molar-refractivity contribution is -0.384. The quantitative estimate of drug-likeness (QED) is 0.481. The van der Waals surface area contributed by atoms with Crippen molar-refractivity contribution in [2.24, 2.45) is 5.92 Å². The van der Waals surface area contributed by atoms with Crippen molar-refractivity contribution in [2.45, 2.75) is 17.9 Å². The Kier molecular flexibility index (Phi) is 3.84. The number of rotatable bonds is 4. The second-order valence-corrected chi connectivity index (χ2v) is 7.35. The molecule has 2 aromatic rings. The van der Waals surface area contributed by atoms with E-state index in [-0.39, 0.29) is 10.6 Å². The molecule has 0 aromatic heterocycles. The van der Waals surface area contributed by atoms with Gasteiger partial charge in [-0.1, -0.05) is 37.3 Å². The fourth-order valence-corrected chi connectivity index (χ4v) is 4.50. The molecule has 0 radical (unpaired) electrons. The summed E-state index contributed by atoms with van der Waals surface area (Å²) in [7, 11) is -4.06. The molecule has 8 heteroatoms. The first-order valence-corrected chi connectivity index (χ1v) is 8.65. The first-order chi connectivity index (χ1) is 11.3. The van der Waals surface area contributed by atoms with Crippen molar-refractivity contribution in [2.75, 3.05) is 0 Å². The van der Waals surface area contributed by atoms with Gasteiger partial charge in [-0.3, -0.25) is 14.9 Å². The van der Waals surface area contributed by atoms with E-state index in [0.717, 1.165) is 34.1 Å². The molecular formula is C16H14N2O5S. The van der Waals surface area contributed by atoms with E-state index < -0.39 is 32.8 Å². The largest absolute Gasteiger partial charge is 0.273 e. The molecule has 0 saturated carbocycles. The van der Waals surface area contributed by atoms with Crippen LogP contribution in [-0.4, -0.2) is 23.6 Å². The van der Waals surface area contributed by atoms with Gasteiger partial charge in [0.1, 0.15) is 0 Å². The van der Waals surface area contributed by atoms with E-state index in [4.69, 9.17) is 0 Å². The van der Waals surface area contributed by atoms with Crippen molar-refractivity contribution in [3.8, 4) is 0 Å². The number of nitrogens with zero attached hydrogens (tertiary/aromatic N) is 2. The molecule has 0 aliphatic carbocycles. The minimum Gasteiger partial charge on any atom is -0.273 e. The van der Waals surface area contributed by atoms with Crippen molar-refractivity contribution >= 4 is 21.6 Å². The number of carbonyl (C=O) groups excluding carboxylic acids is 1. The van der Waals surface area contributed by atoms with E-state index in [1.54, 1.807) is 31.2 Å². The summed E-state index contributed by atoms with van der Waals surface area (Å²) in [5, 5.41) is 10.7. The molecule has 1 aliphatic heterocycles. The normalized spacial score (nSPS) is 20.5. The van der Waals surface area contributed by atoms with Gasteiger partial charge in [0.15, 0.2) is 0 Å². The third-order valence-corrected chi connectivity index (χ3v) is 5.87. The summed E-state index contributed by atoms with van der Waals surface area (Å²) in [6.45, 7) is 1.68. The lowest BCUT2D eigenvalue weighted by Gasteiger charge is -2.44. The summed E-state index contributed by atoms with van der Waals surface area (Å²) in [4.78, 5) is 22.1. The van der Waals surface area contributed by atoms with Gasteiger partial charge in [0.2, 0.25) is 5.91 Å². The van der Waals surface area contributed by atoms with Crippen molar-refractivity contribution in [3.05, 3.63) is 70.3 Å². The van der Waals surface area contributed by atoms with Gasteiger partial charge in [-0.05, 0) is 17.7 Å². The highest BCUT2D eigenvalue weighted by molar-refractivity contribution is 7.89. The van der Waals surface area contributed by atoms with E-state index in [1.807, 2.05) is 6.07 Å². The molecule has 2 aromatic carbocycles. The number of benzene rings is 2. The maximum atomic E-state index is 12.8. The van der Waals surface area contributed by atoms with Crippen molar-refractivity contribution in [1.82, 2.24) is 4.31 Å². The molecule has 0 spiro atoms. The number of nitro groups is 1. The summed E-state index contributed by atoms with van der Waals surface area (Å²) < 4.78 is 26.4. The Morgan fingerprint density at radius 1 is 1.04 bits per heavy atom. The van der Waals surface area contributed by atoms with Gasteiger partial charge in [-0.2, -0.15) is 0 Å². The lowest BCUT2D eigenvalue weighted by Crippen LogP contribution is -2.56. The predicted molar refractivity (Wildman–Crippen MR) is 85.5 cm³/mol. The predicted octanol–water partition coefficient (Wildman–Crippen LogP) is 2.50. The molecule has 24 heavy (non-hydrogen) atoms.